The first-order chi connectivity index (χ1) is 16.6. The van der Waals surface area contributed by atoms with Crippen LogP contribution in [0.1, 0.15) is 22.8 Å². The van der Waals surface area contributed by atoms with Crippen LogP contribution in [0.25, 0.3) is 17.0 Å². The average molecular weight is 501 g/mol. The molecule has 4 aromatic rings. The predicted octanol–water partition coefficient (Wildman–Crippen LogP) is 4.96. The fraction of sp³-hybridized carbons (Fsp3) is 0.292. The molecule has 0 fully saturated rings. The lowest BCUT2D eigenvalue weighted by Crippen LogP contribution is -2.12. The van der Waals surface area contributed by atoms with Gasteiger partial charge in [-0.2, -0.15) is 5.10 Å². The highest BCUT2D eigenvalue weighted by Crippen LogP contribution is 2.34. The van der Waals surface area contributed by atoms with E-state index in [0.29, 0.717) is 29.7 Å². The molecule has 0 unspecified atom stereocenters. The van der Waals surface area contributed by atoms with Crippen molar-refractivity contribution in [3.05, 3.63) is 71.0 Å². The zero-order chi connectivity index (χ0) is 23.9. The van der Waals surface area contributed by atoms with Crippen LogP contribution in [-0.4, -0.2) is 52.2 Å². The minimum Gasteiger partial charge on any atom is -0.462 e. The van der Waals surface area contributed by atoms with Crippen molar-refractivity contribution in [2.24, 2.45) is 0 Å². The molecule has 4 rings (SSSR count). The first-order valence-electron chi connectivity index (χ1n) is 10.8. The third-order valence-electron chi connectivity index (χ3n) is 4.97. The number of esters is 1. The molecule has 8 nitrogen and oxygen atoms in total. The summed E-state index contributed by atoms with van der Waals surface area (Å²) >= 11 is 8.31. The zero-order valence-corrected chi connectivity index (χ0v) is 20.5. The molecular weight excluding hydrogens is 476 g/mol. The number of aromatic nitrogens is 4. The normalized spacial score (nSPS) is 11.3. The van der Waals surface area contributed by atoms with Gasteiger partial charge in [0.2, 0.25) is 5.95 Å². The minimum absolute atomic E-state index is 0.219. The van der Waals surface area contributed by atoms with E-state index in [4.69, 9.17) is 30.8 Å². The molecule has 0 saturated heterocycles. The molecule has 0 aliphatic carbocycles. The third-order valence-corrected chi connectivity index (χ3v) is 6.52. The molecule has 10 heteroatoms. The van der Waals surface area contributed by atoms with Gasteiger partial charge in [0.05, 0.1) is 47.6 Å². The van der Waals surface area contributed by atoms with Gasteiger partial charge in [-0.25, -0.2) is 14.5 Å². The van der Waals surface area contributed by atoms with E-state index >= 15 is 0 Å². The Bertz CT molecular complexity index is 1260. The number of thioether (sulfide) groups is 1. The van der Waals surface area contributed by atoms with Crippen LogP contribution < -0.4 is 0 Å². The van der Waals surface area contributed by atoms with Gasteiger partial charge in [0.25, 0.3) is 0 Å². The smallest absolute Gasteiger partial charge is 0.341 e. The number of hydrogen-bond acceptors (Lipinski definition) is 7. The number of nitrogens with zero attached hydrogens (tertiary/aromatic N) is 4. The fourth-order valence-corrected chi connectivity index (χ4v) is 4.54. The molecule has 2 aromatic heterocycles. The number of fused-ring (bicyclic) bond motifs is 1. The van der Waals surface area contributed by atoms with Gasteiger partial charge >= 0.3 is 5.97 Å². The Morgan fingerprint density at radius 3 is 2.76 bits per heavy atom. The molecule has 0 aliphatic heterocycles. The van der Waals surface area contributed by atoms with E-state index in [9.17, 15) is 4.79 Å². The maximum Gasteiger partial charge on any atom is 0.341 e. The maximum absolute atomic E-state index is 12.1. The maximum atomic E-state index is 12.1. The molecule has 0 aliphatic rings. The average Bonchev–Trinajstić information content (AvgIpc) is 3.46. The van der Waals surface area contributed by atoms with Crippen molar-refractivity contribution in [3.63, 3.8) is 0 Å². The number of hydrogen-bond donors (Lipinski definition) is 0. The molecule has 0 spiro atoms. The monoisotopic (exact) mass is 500 g/mol. The number of benzene rings is 2. The lowest BCUT2D eigenvalue weighted by atomic mass is 10.2. The Morgan fingerprint density at radius 2 is 2.00 bits per heavy atom. The van der Waals surface area contributed by atoms with Crippen LogP contribution >= 0.6 is 23.4 Å². The Labute approximate surface area is 206 Å². The highest BCUT2D eigenvalue weighted by Gasteiger charge is 2.18. The van der Waals surface area contributed by atoms with Crippen LogP contribution in [0, 0.1) is 0 Å². The minimum atomic E-state index is -0.435. The molecule has 2 aromatic carbocycles. The number of carbonyl (C=O) groups excluding carboxylic acids is 1. The Hall–Kier alpha value is -2.85. The zero-order valence-electron chi connectivity index (χ0n) is 18.9. The van der Waals surface area contributed by atoms with E-state index in [1.807, 2.05) is 34.9 Å². The quantitative estimate of drug-likeness (QED) is 0.163. The van der Waals surface area contributed by atoms with E-state index in [1.165, 1.54) is 16.4 Å². The standard InChI is InChI=1S/C24H25ClN4O4S/c1-3-33-23(30)18-13-26-29(14-18)24-27-20-12-22(34-15-17-7-5-4-6-8-17)19(25)11-21(20)28(24)16-32-10-9-31-2/h4-8,11-14H,3,9-10,15-16H2,1-2H3. The molecule has 178 valence electrons. The molecular formula is C24H25ClN4O4S. The van der Waals surface area contributed by atoms with Gasteiger partial charge in [-0.1, -0.05) is 41.9 Å². The van der Waals surface area contributed by atoms with Crippen LogP contribution in [0.15, 0.2) is 59.8 Å². The van der Waals surface area contributed by atoms with E-state index in [0.717, 1.165) is 21.7 Å². The van der Waals surface area contributed by atoms with Crippen molar-refractivity contribution in [1.29, 1.82) is 0 Å². The van der Waals surface area contributed by atoms with Crippen LogP contribution in [0.4, 0.5) is 0 Å². The molecule has 0 amide bonds. The highest BCUT2D eigenvalue weighted by molar-refractivity contribution is 7.98. The Morgan fingerprint density at radius 1 is 1.18 bits per heavy atom. The topological polar surface area (TPSA) is 80.4 Å². The Balaban J connectivity index is 1.67. The molecule has 0 atom stereocenters. The lowest BCUT2D eigenvalue weighted by molar-refractivity contribution is 0.0356. The van der Waals surface area contributed by atoms with Gasteiger partial charge in [-0.15, -0.1) is 11.8 Å². The van der Waals surface area contributed by atoms with Crippen LogP contribution in [0.2, 0.25) is 5.02 Å². The Kier molecular flexibility index (Phi) is 8.23. The number of rotatable bonds is 11. The molecule has 0 saturated carbocycles. The first-order valence-corrected chi connectivity index (χ1v) is 12.1. The number of carbonyl (C=O) groups is 1. The van der Waals surface area contributed by atoms with Crippen molar-refractivity contribution in [1.82, 2.24) is 19.3 Å². The molecule has 0 bridgehead atoms. The molecule has 0 N–H and O–H groups in total. The number of imidazole rings is 1. The van der Waals surface area contributed by atoms with Gasteiger partial charge in [0.1, 0.15) is 6.73 Å². The van der Waals surface area contributed by atoms with Crippen molar-refractivity contribution < 1.29 is 19.0 Å². The molecule has 2 heterocycles. The van der Waals surface area contributed by atoms with E-state index in [2.05, 4.69) is 17.2 Å². The molecule has 0 radical (unpaired) electrons. The second-order valence-corrected chi connectivity index (χ2v) is 8.73. The summed E-state index contributed by atoms with van der Waals surface area (Å²) in [6.45, 7) is 3.16. The summed E-state index contributed by atoms with van der Waals surface area (Å²) < 4.78 is 19.3. The fourth-order valence-electron chi connectivity index (χ4n) is 3.31. The third kappa shape index (κ3) is 5.61. The second-order valence-electron chi connectivity index (χ2n) is 7.31. The number of ether oxygens (including phenoxy) is 3. The summed E-state index contributed by atoms with van der Waals surface area (Å²) in [4.78, 5) is 17.8. The summed E-state index contributed by atoms with van der Waals surface area (Å²) in [5, 5.41) is 4.96. The summed E-state index contributed by atoms with van der Waals surface area (Å²) in [5.41, 5.74) is 3.11. The van der Waals surface area contributed by atoms with E-state index in [-0.39, 0.29) is 13.3 Å². The van der Waals surface area contributed by atoms with Crippen molar-refractivity contribution in [2.75, 3.05) is 26.9 Å². The predicted molar refractivity (Wildman–Crippen MR) is 132 cm³/mol. The SMILES string of the molecule is CCOC(=O)c1cnn(-c2nc3cc(SCc4ccccc4)c(Cl)cc3n2COCCOC)c1. The van der Waals surface area contributed by atoms with Crippen molar-refractivity contribution >= 4 is 40.4 Å². The van der Waals surface area contributed by atoms with Gasteiger partial charge < -0.3 is 14.2 Å². The van der Waals surface area contributed by atoms with E-state index in [1.54, 1.807) is 32.0 Å². The highest BCUT2D eigenvalue weighted by atomic mass is 35.5. The van der Waals surface area contributed by atoms with Crippen molar-refractivity contribution in [2.45, 2.75) is 24.3 Å². The van der Waals surface area contributed by atoms with Gasteiger partial charge in [0, 0.05) is 24.0 Å². The van der Waals surface area contributed by atoms with Crippen molar-refractivity contribution in [3.8, 4) is 5.95 Å². The number of methoxy groups -OCH3 is 1. The second kappa shape index (κ2) is 11.5. The first kappa shape index (κ1) is 24.3. The van der Waals surface area contributed by atoms with Crippen LogP contribution in [-0.2, 0) is 26.7 Å². The summed E-state index contributed by atoms with van der Waals surface area (Å²) in [5.74, 6) is 0.863. The van der Waals surface area contributed by atoms with Gasteiger partial charge in [-0.3, -0.25) is 4.57 Å². The lowest BCUT2D eigenvalue weighted by Gasteiger charge is -2.10. The van der Waals surface area contributed by atoms with Crippen LogP contribution in [0.3, 0.4) is 0 Å². The van der Waals surface area contributed by atoms with Crippen LogP contribution in [0.5, 0.6) is 0 Å². The number of halogens is 1. The largest absolute Gasteiger partial charge is 0.462 e. The van der Waals surface area contributed by atoms with E-state index < -0.39 is 5.97 Å². The van der Waals surface area contributed by atoms with Gasteiger partial charge in [0.15, 0.2) is 0 Å². The molecule has 34 heavy (non-hydrogen) atoms. The summed E-state index contributed by atoms with van der Waals surface area (Å²) in [6, 6.07) is 14.1. The van der Waals surface area contributed by atoms with Gasteiger partial charge in [-0.05, 0) is 24.6 Å². The summed E-state index contributed by atoms with van der Waals surface area (Å²) in [6.07, 6.45) is 3.05. The summed E-state index contributed by atoms with van der Waals surface area (Å²) in [7, 11) is 1.62.